The monoisotopic (exact) mass is 338 g/mol. The van der Waals surface area contributed by atoms with Crippen LogP contribution in [0.15, 0.2) is 39.4 Å². The van der Waals surface area contributed by atoms with E-state index in [1.807, 2.05) is 0 Å². The van der Waals surface area contributed by atoms with Crippen LogP contribution in [0, 0.1) is 0 Å². The first-order valence-electron chi connectivity index (χ1n) is 5.79. The van der Waals surface area contributed by atoms with Crippen LogP contribution in [0.3, 0.4) is 0 Å². The predicted octanol–water partition coefficient (Wildman–Crippen LogP) is 2.87. The lowest BCUT2D eigenvalue weighted by Crippen LogP contribution is -2.12. The zero-order chi connectivity index (χ0) is 14.5. The van der Waals surface area contributed by atoms with Gasteiger partial charge < -0.3 is 9.15 Å². The summed E-state index contributed by atoms with van der Waals surface area (Å²) in [5, 5.41) is 2.46. The van der Waals surface area contributed by atoms with Gasteiger partial charge in [-0.15, -0.1) is 0 Å². The zero-order valence-corrected chi connectivity index (χ0v) is 12.1. The van der Waals surface area contributed by atoms with E-state index in [1.165, 1.54) is 0 Å². The lowest BCUT2D eigenvalue weighted by molar-refractivity contribution is 0.0519. The third-order valence-electron chi connectivity index (χ3n) is 2.32. The average molecular weight is 339 g/mol. The number of anilines is 1. The number of nitrogens with one attached hydrogen (secondary N) is 1. The maximum atomic E-state index is 11.9. The molecule has 2 aromatic rings. The van der Waals surface area contributed by atoms with Gasteiger partial charge in [-0.2, -0.15) is 4.98 Å². The van der Waals surface area contributed by atoms with E-state index < -0.39 is 5.97 Å². The van der Waals surface area contributed by atoms with Crippen molar-refractivity contribution in [1.82, 2.24) is 4.98 Å². The van der Waals surface area contributed by atoms with E-state index in [4.69, 9.17) is 9.15 Å². The van der Waals surface area contributed by atoms with Crippen molar-refractivity contribution in [1.29, 1.82) is 0 Å². The van der Waals surface area contributed by atoms with E-state index in [9.17, 15) is 9.59 Å². The van der Waals surface area contributed by atoms with E-state index in [1.54, 1.807) is 31.2 Å². The summed E-state index contributed by atoms with van der Waals surface area (Å²) in [6, 6.07) is 6.73. The fourth-order valence-corrected chi connectivity index (χ4v) is 1.66. The van der Waals surface area contributed by atoms with Crippen molar-refractivity contribution in [3.63, 3.8) is 0 Å². The molecule has 0 saturated carbocycles. The van der Waals surface area contributed by atoms with Gasteiger partial charge in [-0.1, -0.05) is 15.9 Å². The molecule has 0 unspecified atom stereocenters. The van der Waals surface area contributed by atoms with Gasteiger partial charge in [0.15, 0.2) is 5.69 Å². The van der Waals surface area contributed by atoms with Gasteiger partial charge in [0.05, 0.1) is 6.61 Å². The van der Waals surface area contributed by atoms with Crippen LogP contribution in [-0.4, -0.2) is 23.5 Å². The first kappa shape index (κ1) is 14.3. The molecular formula is C13H11BrN2O4. The minimum absolute atomic E-state index is 0.0120. The molecule has 0 atom stereocenters. The number of carbonyl (C=O) groups is 2. The van der Waals surface area contributed by atoms with E-state index >= 15 is 0 Å². The molecule has 0 bridgehead atoms. The van der Waals surface area contributed by atoms with E-state index in [0.717, 1.165) is 10.7 Å². The summed E-state index contributed by atoms with van der Waals surface area (Å²) in [5.74, 6) is -0.977. The van der Waals surface area contributed by atoms with E-state index in [0.29, 0.717) is 5.56 Å². The smallest absolute Gasteiger partial charge is 0.360 e. The summed E-state index contributed by atoms with van der Waals surface area (Å²) in [4.78, 5) is 27.1. The standard InChI is InChI=1S/C13H11BrN2O4/c1-2-19-12(18)10-7-20-13(15-10)16-11(17)8-3-5-9(14)6-4-8/h3-7H,2H2,1H3,(H,15,16,17). The molecule has 2 rings (SSSR count). The molecule has 0 aliphatic carbocycles. The molecule has 1 heterocycles. The normalized spacial score (nSPS) is 10.1. The van der Waals surface area contributed by atoms with Crippen molar-refractivity contribution in [2.75, 3.05) is 11.9 Å². The number of carbonyl (C=O) groups excluding carboxylic acids is 2. The lowest BCUT2D eigenvalue weighted by Gasteiger charge is -2.00. The highest BCUT2D eigenvalue weighted by atomic mass is 79.9. The second kappa shape index (κ2) is 6.33. The molecule has 1 aromatic carbocycles. The summed E-state index contributed by atoms with van der Waals surface area (Å²) in [5.41, 5.74) is 0.460. The highest BCUT2D eigenvalue weighted by Crippen LogP contribution is 2.13. The quantitative estimate of drug-likeness (QED) is 0.867. The first-order valence-corrected chi connectivity index (χ1v) is 6.59. The fourth-order valence-electron chi connectivity index (χ4n) is 1.40. The molecule has 20 heavy (non-hydrogen) atoms. The Labute approximate surface area is 123 Å². The van der Waals surface area contributed by atoms with Gasteiger partial charge in [0.2, 0.25) is 0 Å². The topological polar surface area (TPSA) is 81.4 Å². The molecular weight excluding hydrogens is 328 g/mol. The Morgan fingerprint density at radius 3 is 2.70 bits per heavy atom. The van der Waals surface area contributed by atoms with Gasteiger partial charge in [-0.05, 0) is 31.2 Å². The van der Waals surface area contributed by atoms with Gasteiger partial charge in [0.25, 0.3) is 5.91 Å². The van der Waals surface area contributed by atoms with Crippen molar-refractivity contribution in [2.24, 2.45) is 0 Å². The number of halogens is 1. The van der Waals surface area contributed by atoms with Crippen LogP contribution in [-0.2, 0) is 4.74 Å². The molecule has 0 fully saturated rings. The van der Waals surface area contributed by atoms with Crippen molar-refractivity contribution in [3.05, 3.63) is 46.3 Å². The second-order valence-corrected chi connectivity index (χ2v) is 4.64. The summed E-state index contributed by atoms with van der Waals surface area (Å²) < 4.78 is 10.6. The summed E-state index contributed by atoms with van der Waals surface area (Å²) in [7, 11) is 0. The van der Waals surface area contributed by atoms with Crippen LogP contribution in [0.5, 0.6) is 0 Å². The summed E-state index contributed by atoms with van der Waals surface area (Å²) >= 11 is 3.28. The van der Waals surface area contributed by atoms with Gasteiger partial charge in [0, 0.05) is 10.0 Å². The largest absolute Gasteiger partial charge is 0.461 e. The van der Waals surface area contributed by atoms with Crippen LogP contribution in [0.25, 0.3) is 0 Å². The average Bonchev–Trinajstić information content (AvgIpc) is 2.88. The van der Waals surface area contributed by atoms with Gasteiger partial charge in [-0.3, -0.25) is 10.1 Å². The number of aromatic nitrogens is 1. The Bertz CT molecular complexity index is 622. The van der Waals surface area contributed by atoms with Crippen molar-refractivity contribution >= 4 is 33.8 Å². The van der Waals surface area contributed by atoms with Crippen LogP contribution < -0.4 is 5.32 Å². The third kappa shape index (κ3) is 3.45. The number of hydrogen-bond acceptors (Lipinski definition) is 5. The minimum Gasteiger partial charge on any atom is -0.461 e. The number of amides is 1. The first-order chi connectivity index (χ1) is 9.60. The molecule has 1 aromatic heterocycles. The van der Waals surface area contributed by atoms with Crippen LogP contribution in [0.1, 0.15) is 27.8 Å². The minimum atomic E-state index is -0.597. The van der Waals surface area contributed by atoms with Crippen LogP contribution in [0.4, 0.5) is 6.01 Å². The Balaban J connectivity index is 2.05. The molecule has 104 valence electrons. The molecule has 7 heteroatoms. The second-order valence-electron chi connectivity index (χ2n) is 3.72. The molecule has 0 saturated heterocycles. The summed E-state index contributed by atoms with van der Waals surface area (Å²) in [6.07, 6.45) is 1.13. The molecule has 0 spiro atoms. The maximum absolute atomic E-state index is 11.9. The number of esters is 1. The number of benzene rings is 1. The summed E-state index contributed by atoms with van der Waals surface area (Å²) in [6.45, 7) is 1.93. The molecule has 1 N–H and O–H groups in total. The fraction of sp³-hybridized carbons (Fsp3) is 0.154. The Morgan fingerprint density at radius 1 is 1.35 bits per heavy atom. The number of nitrogens with zero attached hydrogens (tertiary/aromatic N) is 1. The molecule has 0 radical (unpaired) electrons. The lowest BCUT2D eigenvalue weighted by atomic mass is 10.2. The van der Waals surface area contributed by atoms with Crippen LogP contribution in [0.2, 0.25) is 0 Å². The van der Waals surface area contributed by atoms with Gasteiger partial charge >= 0.3 is 12.0 Å². The SMILES string of the molecule is CCOC(=O)c1coc(NC(=O)c2ccc(Br)cc2)n1. The number of oxazole rings is 1. The Hall–Kier alpha value is -2.15. The maximum Gasteiger partial charge on any atom is 0.360 e. The van der Waals surface area contributed by atoms with Crippen molar-refractivity contribution in [2.45, 2.75) is 6.92 Å². The van der Waals surface area contributed by atoms with Crippen molar-refractivity contribution in [3.8, 4) is 0 Å². The van der Waals surface area contributed by atoms with Crippen molar-refractivity contribution < 1.29 is 18.7 Å². The zero-order valence-electron chi connectivity index (χ0n) is 10.6. The third-order valence-corrected chi connectivity index (χ3v) is 2.84. The van der Waals surface area contributed by atoms with E-state index in [-0.39, 0.29) is 24.2 Å². The van der Waals surface area contributed by atoms with Gasteiger partial charge in [0.1, 0.15) is 6.26 Å². The number of hydrogen-bond donors (Lipinski definition) is 1. The molecule has 1 amide bonds. The Kier molecular flexibility index (Phi) is 4.52. The highest BCUT2D eigenvalue weighted by Gasteiger charge is 2.15. The van der Waals surface area contributed by atoms with E-state index in [2.05, 4.69) is 26.2 Å². The highest BCUT2D eigenvalue weighted by molar-refractivity contribution is 9.10. The molecule has 0 aliphatic rings. The number of ether oxygens (including phenoxy) is 1. The van der Waals surface area contributed by atoms with Gasteiger partial charge in [-0.25, -0.2) is 4.79 Å². The predicted molar refractivity (Wildman–Crippen MR) is 74.6 cm³/mol. The number of rotatable bonds is 4. The van der Waals surface area contributed by atoms with Crippen LogP contribution >= 0.6 is 15.9 Å². The molecule has 6 nitrogen and oxygen atoms in total. The Morgan fingerprint density at radius 2 is 2.05 bits per heavy atom. The molecule has 0 aliphatic heterocycles.